The minimum Gasteiger partial charge on any atom is -0.466 e. The molecule has 21 heavy (non-hydrogen) atoms. The second kappa shape index (κ2) is 8.89. The van der Waals surface area contributed by atoms with E-state index in [1.165, 1.54) is 6.92 Å². The van der Waals surface area contributed by atoms with E-state index in [9.17, 15) is 14.4 Å². The highest BCUT2D eigenvalue weighted by atomic mass is 16.5. The maximum atomic E-state index is 12.1. The van der Waals surface area contributed by atoms with E-state index >= 15 is 0 Å². The van der Waals surface area contributed by atoms with Gasteiger partial charge in [-0.15, -0.1) is 0 Å². The van der Waals surface area contributed by atoms with Crippen LogP contribution in [-0.4, -0.2) is 24.3 Å². The zero-order chi connectivity index (χ0) is 15.7. The molecule has 0 aliphatic carbocycles. The molecule has 114 valence electrons. The quantitative estimate of drug-likeness (QED) is 0.319. The molecule has 0 aliphatic heterocycles. The van der Waals surface area contributed by atoms with Crippen molar-refractivity contribution in [1.82, 2.24) is 0 Å². The molecule has 1 aromatic rings. The number of unbranched alkanes of at least 4 members (excludes halogenated alkanes) is 1. The fourth-order valence-electron chi connectivity index (χ4n) is 1.86. The second-order valence-electron chi connectivity index (χ2n) is 4.53. The summed E-state index contributed by atoms with van der Waals surface area (Å²) in [7, 11) is 0. The van der Waals surface area contributed by atoms with Gasteiger partial charge in [0.05, 0.1) is 12.2 Å². The number of benzene rings is 1. The summed E-state index contributed by atoms with van der Waals surface area (Å²) in [5.41, 5.74) is 0.392. The lowest BCUT2D eigenvalue weighted by Gasteiger charge is -2.07. The fourth-order valence-corrected chi connectivity index (χ4v) is 1.86. The van der Waals surface area contributed by atoms with Gasteiger partial charge in [-0.1, -0.05) is 12.1 Å². The number of ether oxygens (including phenoxy) is 2. The van der Waals surface area contributed by atoms with Gasteiger partial charge in [0.2, 0.25) is 0 Å². The summed E-state index contributed by atoms with van der Waals surface area (Å²) >= 11 is 0. The molecule has 5 heteroatoms. The van der Waals surface area contributed by atoms with E-state index < -0.39 is 5.97 Å². The van der Waals surface area contributed by atoms with Gasteiger partial charge in [-0.3, -0.25) is 14.4 Å². The fraction of sp³-hybridized carbons (Fsp3) is 0.438. The van der Waals surface area contributed by atoms with Crippen molar-refractivity contribution >= 4 is 17.7 Å². The number of para-hydroxylation sites is 1. The largest absolute Gasteiger partial charge is 0.466 e. The van der Waals surface area contributed by atoms with E-state index in [2.05, 4.69) is 0 Å². The first-order valence-electron chi connectivity index (χ1n) is 7.00. The number of esters is 2. The first kappa shape index (κ1) is 16.9. The van der Waals surface area contributed by atoms with E-state index in [1.807, 2.05) is 0 Å². The third-order valence-electron chi connectivity index (χ3n) is 2.78. The Hall–Kier alpha value is -2.17. The van der Waals surface area contributed by atoms with Gasteiger partial charge in [-0.05, 0) is 31.9 Å². The number of Topliss-reactive ketones (excluding diaryl/α,β-unsaturated/α-hetero) is 1. The van der Waals surface area contributed by atoms with Crippen molar-refractivity contribution in [2.45, 2.75) is 39.5 Å². The van der Waals surface area contributed by atoms with Crippen LogP contribution < -0.4 is 4.74 Å². The van der Waals surface area contributed by atoms with Gasteiger partial charge >= 0.3 is 11.9 Å². The first-order chi connectivity index (χ1) is 10.0. The lowest BCUT2D eigenvalue weighted by atomic mass is 10.0. The first-order valence-corrected chi connectivity index (χ1v) is 7.00. The van der Waals surface area contributed by atoms with E-state index in [0.29, 0.717) is 37.9 Å². The number of hydrogen-bond acceptors (Lipinski definition) is 5. The maximum Gasteiger partial charge on any atom is 0.308 e. The molecule has 0 atom stereocenters. The van der Waals surface area contributed by atoms with Crippen LogP contribution in [0.4, 0.5) is 0 Å². The molecule has 0 N–H and O–H groups in total. The van der Waals surface area contributed by atoms with E-state index in [0.717, 1.165) is 0 Å². The Bertz CT molecular complexity index is 507. The van der Waals surface area contributed by atoms with Crippen LogP contribution in [0, 0.1) is 0 Å². The molecule has 0 aliphatic rings. The van der Waals surface area contributed by atoms with Crippen LogP contribution in [0.3, 0.4) is 0 Å². The van der Waals surface area contributed by atoms with Crippen molar-refractivity contribution in [3.8, 4) is 5.75 Å². The number of rotatable bonds is 8. The molecule has 0 spiro atoms. The minimum absolute atomic E-state index is 0.101. The number of carbonyl (C=O) groups is 3. The summed E-state index contributed by atoms with van der Waals surface area (Å²) in [6, 6.07) is 6.65. The lowest BCUT2D eigenvalue weighted by Crippen LogP contribution is -2.08. The number of carbonyl (C=O) groups excluding carboxylic acids is 3. The third-order valence-corrected chi connectivity index (χ3v) is 2.78. The smallest absolute Gasteiger partial charge is 0.308 e. The van der Waals surface area contributed by atoms with E-state index in [-0.39, 0.29) is 17.5 Å². The highest BCUT2D eigenvalue weighted by Crippen LogP contribution is 2.21. The molecule has 0 saturated carbocycles. The lowest BCUT2D eigenvalue weighted by molar-refractivity contribution is -0.143. The Labute approximate surface area is 124 Å². The second-order valence-corrected chi connectivity index (χ2v) is 4.53. The molecule has 0 amide bonds. The molecule has 1 rings (SSSR count). The van der Waals surface area contributed by atoms with E-state index in [4.69, 9.17) is 9.47 Å². The van der Waals surface area contributed by atoms with Crippen LogP contribution in [-0.2, 0) is 14.3 Å². The van der Waals surface area contributed by atoms with Gasteiger partial charge in [-0.25, -0.2) is 0 Å². The topological polar surface area (TPSA) is 69.7 Å². The van der Waals surface area contributed by atoms with Gasteiger partial charge in [0, 0.05) is 19.8 Å². The Morgan fingerprint density at radius 3 is 2.38 bits per heavy atom. The Morgan fingerprint density at radius 1 is 1.05 bits per heavy atom. The van der Waals surface area contributed by atoms with Crippen molar-refractivity contribution in [3.05, 3.63) is 29.8 Å². The normalized spacial score (nSPS) is 10.0. The summed E-state index contributed by atoms with van der Waals surface area (Å²) < 4.78 is 9.82. The molecular formula is C16H20O5. The van der Waals surface area contributed by atoms with Gasteiger partial charge in [0.1, 0.15) is 5.75 Å². The van der Waals surface area contributed by atoms with Crippen molar-refractivity contribution in [3.63, 3.8) is 0 Å². The monoisotopic (exact) mass is 292 g/mol. The van der Waals surface area contributed by atoms with Crippen LogP contribution in [0.5, 0.6) is 5.75 Å². The van der Waals surface area contributed by atoms with Crippen molar-refractivity contribution in [2.24, 2.45) is 0 Å². The van der Waals surface area contributed by atoms with Crippen molar-refractivity contribution in [1.29, 1.82) is 0 Å². The molecule has 0 aromatic heterocycles. The van der Waals surface area contributed by atoms with E-state index in [1.54, 1.807) is 31.2 Å². The molecule has 0 saturated heterocycles. The SMILES string of the molecule is CCOC(=O)CCCCC(=O)c1ccccc1OC(C)=O. The Morgan fingerprint density at radius 2 is 1.71 bits per heavy atom. The van der Waals surface area contributed by atoms with Gasteiger partial charge in [0.15, 0.2) is 5.78 Å². The minimum atomic E-state index is -0.461. The van der Waals surface area contributed by atoms with Crippen LogP contribution in [0.15, 0.2) is 24.3 Å². The highest BCUT2D eigenvalue weighted by Gasteiger charge is 2.13. The maximum absolute atomic E-state index is 12.1. The molecular weight excluding hydrogens is 272 g/mol. The van der Waals surface area contributed by atoms with Gasteiger partial charge in [-0.2, -0.15) is 0 Å². The predicted molar refractivity (Wildman–Crippen MR) is 77.2 cm³/mol. The van der Waals surface area contributed by atoms with Crippen LogP contribution in [0.2, 0.25) is 0 Å². The highest BCUT2D eigenvalue weighted by molar-refractivity contribution is 5.99. The third kappa shape index (κ3) is 6.21. The summed E-state index contributed by atoms with van der Waals surface area (Å²) in [6.45, 7) is 3.42. The average Bonchev–Trinajstić information content (AvgIpc) is 2.43. The molecule has 0 heterocycles. The summed E-state index contributed by atoms with van der Waals surface area (Å²) in [4.78, 5) is 34.3. The van der Waals surface area contributed by atoms with Crippen LogP contribution in [0.1, 0.15) is 49.9 Å². The molecule has 0 unspecified atom stereocenters. The van der Waals surface area contributed by atoms with Crippen LogP contribution in [0.25, 0.3) is 0 Å². The molecule has 0 fully saturated rings. The van der Waals surface area contributed by atoms with Crippen LogP contribution >= 0.6 is 0 Å². The zero-order valence-electron chi connectivity index (χ0n) is 12.4. The average molecular weight is 292 g/mol. The van der Waals surface area contributed by atoms with Crippen molar-refractivity contribution < 1.29 is 23.9 Å². The van der Waals surface area contributed by atoms with Gasteiger partial charge in [0.25, 0.3) is 0 Å². The standard InChI is InChI=1S/C16H20O5/c1-3-20-16(19)11-7-5-9-14(18)13-8-4-6-10-15(13)21-12(2)17/h4,6,8,10H,3,5,7,9,11H2,1-2H3. The molecule has 0 radical (unpaired) electrons. The molecule has 1 aromatic carbocycles. The summed E-state index contributed by atoms with van der Waals surface area (Å²) in [5, 5.41) is 0. The molecule has 0 bridgehead atoms. The predicted octanol–water partition coefficient (Wildman–Crippen LogP) is 2.92. The summed E-state index contributed by atoms with van der Waals surface area (Å²) in [5.74, 6) is -0.529. The number of ketones is 1. The zero-order valence-corrected chi connectivity index (χ0v) is 12.4. The van der Waals surface area contributed by atoms with Crippen molar-refractivity contribution in [2.75, 3.05) is 6.61 Å². The Balaban J connectivity index is 2.49. The molecule has 5 nitrogen and oxygen atoms in total. The van der Waals surface area contributed by atoms with Gasteiger partial charge < -0.3 is 9.47 Å². The number of hydrogen-bond donors (Lipinski definition) is 0. The summed E-state index contributed by atoms with van der Waals surface area (Å²) in [6.07, 6.45) is 1.80. The Kier molecular flexibility index (Phi) is 7.15.